The van der Waals surface area contributed by atoms with Crippen molar-refractivity contribution < 1.29 is 2.85 Å². The molecule has 5 heterocycles. The quantitative estimate of drug-likeness (QED) is 0.486. The molecule has 0 unspecified atom stereocenters. The lowest BCUT2D eigenvalue weighted by atomic mass is 10.1. The van der Waals surface area contributed by atoms with Crippen molar-refractivity contribution in [3.63, 3.8) is 0 Å². The molecular weight excluding hydrogens is 414 g/mol. The third-order valence-corrected chi connectivity index (χ3v) is 6.07. The Morgan fingerprint density at radius 3 is 2.82 bits per heavy atom. The van der Waals surface area contributed by atoms with Crippen molar-refractivity contribution in [1.29, 1.82) is 0 Å². The molecule has 2 N–H and O–H groups in total. The van der Waals surface area contributed by atoms with E-state index in [1.54, 1.807) is 0 Å². The van der Waals surface area contributed by atoms with Crippen molar-refractivity contribution in [1.82, 2.24) is 34.9 Å². The minimum Gasteiger partial charge on any atom is -0.354 e. The van der Waals surface area contributed by atoms with Crippen LogP contribution in [0.5, 0.6) is 0 Å². The fourth-order valence-electron chi connectivity index (χ4n) is 4.36. The van der Waals surface area contributed by atoms with Gasteiger partial charge in [-0.3, -0.25) is 0 Å². The summed E-state index contributed by atoms with van der Waals surface area (Å²) >= 11 is 0. The van der Waals surface area contributed by atoms with Gasteiger partial charge in [-0.1, -0.05) is 12.1 Å². The Morgan fingerprint density at radius 1 is 1.06 bits per heavy atom. The van der Waals surface area contributed by atoms with Gasteiger partial charge in [0, 0.05) is 65.5 Å². The van der Waals surface area contributed by atoms with Gasteiger partial charge < -0.3 is 15.5 Å². The highest BCUT2D eigenvalue weighted by Gasteiger charge is 2.20. The molecule has 4 aromatic rings. The van der Waals surface area contributed by atoms with Crippen LogP contribution in [0.1, 0.15) is 31.1 Å². The van der Waals surface area contributed by atoms with Crippen molar-refractivity contribution in [3.05, 3.63) is 77.1 Å². The van der Waals surface area contributed by atoms with Crippen molar-refractivity contribution in [2.24, 2.45) is 0 Å². The molecule has 33 heavy (non-hydrogen) atoms. The molecule has 170 valence electrons. The summed E-state index contributed by atoms with van der Waals surface area (Å²) < 4.78 is 1.82. The van der Waals surface area contributed by atoms with E-state index in [-0.39, 0.29) is 2.85 Å². The lowest BCUT2D eigenvalue weighted by Gasteiger charge is -2.28. The number of rotatable bonds is 5. The molecule has 6 rings (SSSR count). The van der Waals surface area contributed by atoms with Crippen LogP contribution in [0.25, 0.3) is 11.2 Å². The molecule has 0 spiro atoms. The van der Waals surface area contributed by atoms with E-state index in [0.717, 1.165) is 77.8 Å². The zero-order chi connectivity index (χ0) is 22.2. The third kappa shape index (κ3) is 3.91. The maximum atomic E-state index is 4.74. The van der Waals surface area contributed by atoms with E-state index in [4.69, 9.17) is 10.1 Å². The number of aryl methyl sites for hydroxylation is 1. The maximum Gasteiger partial charge on any atom is 0.223 e. The standard InChI is InChI=1S/C24H25N9.2H2/c1-16-15-33-23(29-16)7-5-21(31-33)18-3-4-20-19(18)14-28-24(30-20)27-13-17-2-6-22(26-12-17)32-10-8-25-9-11-32;;/h2-3,5-7,12,14-15,25H,4,8-11,13H2,1H3,(H,27,28,30);2*1H. The van der Waals surface area contributed by atoms with Gasteiger partial charge in [0.2, 0.25) is 5.95 Å². The van der Waals surface area contributed by atoms with E-state index < -0.39 is 0 Å². The Hall–Kier alpha value is -3.85. The molecule has 0 radical (unpaired) electrons. The number of hydrogen-bond donors (Lipinski definition) is 2. The fraction of sp³-hybridized carbons (Fsp3) is 0.292. The molecule has 4 aromatic heterocycles. The number of allylic oxidation sites excluding steroid dienone is 1. The molecule has 1 aliphatic carbocycles. The smallest absolute Gasteiger partial charge is 0.223 e. The number of nitrogens with zero attached hydrogens (tertiary/aromatic N) is 7. The molecule has 0 amide bonds. The molecule has 1 aliphatic heterocycles. The topological polar surface area (TPSA) is 96.2 Å². The largest absolute Gasteiger partial charge is 0.354 e. The van der Waals surface area contributed by atoms with E-state index in [0.29, 0.717) is 12.5 Å². The van der Waals surface area contributed by atoms with E-state index in [9.17, 15) is 0 Å². The average molecular weight is 444 g/mol. The zero-order valence-corrected chi connectivity index (χ0v) is 18.5. The van der Waals surface area contributed by atoms with Gasteiger partial charge in [-0.25, -0.2) is 24.5 Å². The summed E-state index contributed by atoms with van der Waals surface area (Å²) in [6, 6.07) is 8.20. The van der Waals surface area contributed by atoms with Gasteiger partial charge in [0.05, 0.1) is 23.3 Å². The Bertz CT molecular complexity index is 1350. The first-order valence-corrected chi connectivity index (χ1v) is 11.3. The number of hydrogen-bond acceptors (Lipinski definition) is 8. The molecule has 2 aliphatic rings. The van der Waals surface area contributed by atoms with Crippen LogP contribution >= 0.6 is 0 Å². The van der Waals surface area contributed by atoms with Gasteiger partial charge in [-0.15, -0.1) is 0 Å². The highest BCUT2D eigenvalue weighted by Crippen LogP contribution is 2.30. The predicted molar refractivity (Wildman–Crippen MR) is 131 cm³/mol. The Labute approximate surface area is 194 Å². The molecule has 0 aromatic carbocycles. The number of nitrogens with one attached hydrogen (secondary N) is 2. The van der Waals surface area contributed by atoms with Gasteiger partial charge in [-0.2, -0.15) is 5.10 Å². The fourth-order valence-corrected chi connectivity index (χ4v) is 4.36. The van der Waals surface area contributed by atoms with Crippen molar-refractivity contribution in [2.75, 3.05) is 36.4 Å². The van der Waals surface area contributed by atoms with Gasteiger partial charge in [0.15, 0.2) is 5.65 Å². The molecular formula is C24H29N9. The molecule has 9 heteroatoms. The Morgan fingerprint density at radius 2 is 1.97 bits per heavy atom. The molecule has 9 nitrogen and oxygen atoms in total. The summed E-state index contributed by atoms with van der Waals surface area (Å²) in [6.07, 6.45) is 8.69. The molecule has 1 fully saturated rings. The van der Waals surface area contributed by atoms with E-state index in [1.165, 1.54) is 0 Å². The van der Waals surface area contributed by atoms with E-state index in [2.05, 4.69) is 48.7 Å². The van der Waals surface area contributed by atoms with Crippen LogP contribution < -0.4 is 15.5 Å². The van der Waals surface area contributed by atoms with Crippen LogP contribution in [-0.2, 0) is 13.0 Å². The number of piperazine rings is 1. The summed E-state index contributed by atoms with van der Waals surface area (Å²) in [7, 11) is 0. The minimum absolute atomic E-state index is 0. The monoisotopic (exact) mass is 443 g/mol. The van der Waals surface area contributed by atoms with Crippen molar-refractivity contribution in [2.45, 2.75) is 19.9 Å². The van der Waals surface area contributed by atoms with Gasteiger partial charge >= 0.3 is 0 Å². The van der Waals surface area contributed by atoms with Crippen LogP contribution in [-0.4, -0.2) is 55.7 Å². The first-order valence-electron chi connectivity index (χ1n) is 11.3. The molecule has 1 saturated heterocycles. The van der Waals surface area contributed by atoms with Crippen LogP contribution in [0.4, 0.5) is 11.8 Å². The number of imidazole rings is 1. The number of fused-ring (bicyclic) bond motifs is 2. The second-order valence-corrected chi connectivity index (χ2v) is 8.39. The van der Waals surface area contributed by atoms with Crippen LogP contribution in [0.3, 0.4) is 0 Å². The normalized spacial score (nSPS) is 15.5. The maximum absolute atomic E-state index is 4.74. The lowest BCUT2D eigenvalue weighted by Crippen LogP contribution is -2.43. The summed E-state index contributed by atoms with van der Waals surface area (Å²) in [5.41, 5.74) is 6.92. The number of pyridine rings is 1. The average Bonchev–Trinajstić information content (AvgIpc) is 3.45. The van der Waals surface area contributed by atoms with Crippen LogP contribution in [0.2, 0.25) is 0 Å². The van der Waals surface area contributed by atoms with Crippen molar-refractivity contribution in [3.8, 4) is 0 Å². The first kappa shape index (κ1) is 19.8. The Balaban J connectivity index is 0.00000144. The summed E-state index contributed by atoms with van der Waals surface area (Å²) in [5, 5.41) is 11.4. The second kappa shape index (κ2) is 8.25. The summed E-state index contributed by atoms with van der Waals surface area (Å²) in [4.78, 5) is 20.7. The lowest BCUT2D eigenvalue weighted by molar-refractivity contribution is 0.585. The van der Waals surface area contributed by atoms with Gasteiger partial charge in [0.1, 0.15) is 5.82 Å². The molecule has 0 bridgehead atoms. The number of anilines is 2. The van der Waals surface area contributed by atoms with Crippen LogP contribution in [0, 0.1) is 6.92 Å². The SMILES string of the molecule is Cc1cn2nc(C3=CCc4nc(NCc5ccc(N6CCNCC6)nc5)ncc43)ccc2n1.[HH].[HH]. The first-order chi connectivity index (χ1) is 16.2. The highest BCUT2D eigenvalue weighted by molar-refractivity contribution is 5.82. The summed E-state index contributed by atoms with van der Waals surface area (Å²) in [5.74, 6) is 1.66. The van der Waals surface area contributed by atoms with Gasteiger partial charge in [-0.05, 0) is 30.7 Å². The highest BCUT2D eigenvalue weighted by atomic mass is 15.3. The van der Waals surface area contributed by atoms with Gasteiger partial charge in [0.25, 0.3) is 0 Å². The Kier molecular flexibility index (Phi) is 4.95. The van der Waals surface area contributed by atoms with Crippen molar-refractivity contribution >= 4 is 23.0 Å². The predicted octanol–water partition coefficient (Wildman–Crippen LogP) is 2.72. The zero-order valence-electron chi connectivity index (χ0n) is 18.5. The molecule has 0 saturated carbocycles. The molecule has 0 atom stereocenters. The number of aromatic nitrogens is 6. The van der Waals surface area contributed by atoms with Crippen LogP contribution in [0.15, 0.2) is 48.9 Å². The summed E-state index contributed by atoms with van der Waals surface area (Å²) in [6.45, 7) is 6.60. The van der Waals surface area contributed by atoms with E-state index >= 15 is 0 Å². The second-order valence-electron chi connectivity index (χ2n) is 8.39. The third-order valence-electron chi connectivity index (χ3n) is 6.07. The van der Waals surface area contributed by atoms with E-state index in [1.807, 2.05) is 42.2 Å². The minimum atomic E-state index is 0.